The molecule has 0 aromatic heterocycles. The minimum absolute atomic E-state index is 0.731. The predicted octanol–water partition coefficient (Wildman–Crippen LogP) is 2.98. The molecule has 18 heavy (non-hydrogen) atoms. The van der Waals surface area contributed by atoms with Gasteiger partial charge in [0.1, 0.15) is 0 Å². The Morgan fingerprint density at radius 2 is 1.94 bits per heavy atom. The lowest BCUT2D eigenvalue weighted by molar-refractivity contribution is 0.321. The lowest BCUT2D eigenvalue weighted by Gasteiger charge is -2.19. The normalized spacial score (nSPS) is 11.5. The number of nitrogens with zero attached hydrogens (tertiary/aromatic N) is 1. The molecule has 0 unspecified atom stereocenters. The van der Waals surface area contributed by atoms with Crippen LogP contribution in [0.25, 0.3) is 0 Å². The molecule has 0 amide bonds. The van der Waals surface area contributed by atoms with E-state index < -0.39 is 0 Å². The van der Waals surface area contributed by atoms with E-state index in [1.807, 2.05) is 0 Å². The largest absolute Gasteiger partial charge is 0.315 e. The smallest absolute Gasteiger partial charge is 0.0233 e. The molecule has 0 aliphatic heterocycles. The van der Waals surface area contributed by atoms with E-state index in [0.717, 1.165) is 32.1 Å². The van der Waals surface area contributed by atoms with Gasteiger partial charge in [-0.3, -0.25) is 0 Å². The fourth-order valence-corrected chi connectivity index (χ4v) is 2.01. The molecule has 0 radical (unpaired) electrons. The first-order valence-electron chi connectivity index (χ1n) is 6.95. The number of likely N-dealkylation sites (N-methyl/N-ethyl adjacent to an activating group) is 1. The maximum Gasteiger partial charge on any atom is 0.0233 e. The topological polar surface area (TPSA) is 15.3 Å². The third kappa shape index (κ3) is 5.19. The molecule has 0 aliphatic carbocycles. The Hall–Kier alpha value is -0.860. The van der Waals surface area contributed by atoms with E-state index in [1.165, 1.54) is 16.7 Å². The highest BCUT2D eigenvalue weighted by Crippen LogP contribution is 2.14. The Morgan fingerprint density at radius 1 is 1.22 bits per heavy atom. The highest BCUT2D eigenvalue weighted by atomic mass is 15.1. The average Bonchev–Trinajstić information content (AvgIpc) is 2.30. The van der Waals surface area contributed by atoms with E-state index in [9.17, 15) is 0 Å². The van der Waals surface area contributed by atoms with Gasteiger partial charge in [-0.05, 0) is 50.0 Å². The molecule has 0 aliphatic rings. The van der Waals surface area contributed by atoms with Gasteiger partial charge < -0.3 is 10.2 Å². The molecule has 0 bridgehead atoms. The molecule has 1 N–H and O–H groups in total. The zero-order chi connectivity index (χ0) is 13.5. The van der Waals surface area contributed by atoms with Gasteiger partial charge in [-0.2, -0.15) is 0 Å². The van der Waals surface area contributed by atoms with Crippen molar-refractivity contribution in [2.75, 3.05) is 26.7 Å². The van der Waals surface area contributed by atoms with E-state index in [2.05, 4.69) is 63.2 Å². The predicted molar refractivity (Wildman–Crippen MR) is 80.0 cm³/mol. The SMILES string of the molecule is Cc1cccc(CN(C)CCNCC(C)C)c1C. The lowest BCUT2D eigenvalue weighted by atomic mass is 10.0. The quantitative estimate of drug-likeness (QED) is 0.746. The van der Waals surface area contributed by atoms with Crippen molar-refractivity contribution in [1.29, 1.82) is 0 Å². The van der Waals surface area contributed by atoms with Crippen LogP contribution in [0.1, 0.15) is 30.5 Å². The minimum Gasteiger partial charge on any atom is -0.315 e. The Morgan fingerprint density at radius 3 is 2.61 bits per heavy atom. The summed E-state index contributed by atoms with van der Waals surface area (Å²) < 4.78 is 0. The molecule has 0 saturated heterocycles. The summed E-state index contributed by atoms with van der Waals surface area (Å²) in [4.78, 5) is 2.38. The van der Waals surface area contributed by atoms with E-state index in [4.69, 9.17) is 0 Å². The number of benzene rings is 1. The van der Waals surface area contributed by atoms with Gasteiger partial charge in [-0.15, -0.1) is 0 Å². The van der Waals surface area contributed by atoms with E-state index >= 15 is 0 Å². The second kappa shape index (κ2) is 7.55. The van der Waals surface area contributed by atoms with Gasteiger partial charge in [-0.1, -0.05) is 32.0 Å². The van der Waals surface area contributed by atoms with E-state index in [0.29, 0.717) is 0 Å². The summed E-state index contributed by atoms with van der Waals surface area (Å²) in [5, 5.41) is 3.49. The summed E-state index contributed by atoms with van der Waals surface area (Å²) in [6, 6.07) is 6.58. The first kappa shape index (κ1) is 15.2. The molecule has 0 spiro atoms. The van der Waals surface area contributed by atoms with Crippen molar-refractivity contribution >= 4 is 0 Å². The molecule has 0 atom stereocenters. The fourth-order valence-electron chi connectivity index (χ4n) is 2.01. The molecule has 2 heteroatoms. The Bertz CT molecular complexity index is 358. The van der Waals surface area contributed by atoms with Crippen molar-refractivity contribution in [2.45, 2.75) is 34.2 Å². The molecule has 102 valence electrons. The summed E-state index contributed by atoms with van der Waals surface area (Å²) in [6.45, 7) is 13.2. The molecule has 2 nitrogen and oxygen atoms in total. The van der Waals surface area contributed by atoms with Gasteiger partial charge in [0, 0.05) is 19.6 Å². The van der Waals surface area contributed by atoms with Gasteiger partial charge in [0.25, 0.3) is 0 Å². The van der Waals surface area contributed by atoms with E-state index in [-0.39, 0.29) is 0 Å². The second-order valence-electron chi connectivity index (χ2n) is 5.69. The van der Waals surface area contributed by atoms with Crippen LogP contribution in [0.15, 0.2) is 18.2 Å². The second-order valence-corrected chi connectivity index (χ2v) is 5.69. The van der Waals surface area contributed by atoms with E-state index in [1.54, 1.807) is 0 Å². The molecular formula is C16H28N2. The number of aryl methyl sites for hydroxylation is 1. The van der Waals surface area contributed by atoms with Crippen LogP contribution >= 0.6 is 0 Å². The van der Waals surface area contributed by atoms with Gasteiger partial charge in [0.2, 0.25) is 0 Å². The van der Waals surface area contributed by atoms with Crippen molar-refractivity contribution < 1.29 is 0 Å². The van der Waals surface area contributed by atoms with Crippen LogP contribution in [0, 0.1) is 19.8 Å². The van der Waals surface area contributed by atoms with Crippen molar-refractivity contribution in [3.63, 3.8) is 0 Å². The molecule has 1 rings (SSSR count). The summed E-state index contributed by atoms with van der Waals surface area (Å²) >= 11 is 0. The van der Waals surface area contributed by atoms with Crippen LogP contribution in [0.3, 0.4) is 0 Å². The van der Waals surface area contributed by atoms with Gasteiger partial charge >= 0.3 is 0 Å². The van der Waals surface area contributed by atoms with Gasteiger partial charge in [0.05, 0.1) is 0 Å². The summed E-state index contributed by atoms with van der Waals surface area (Å²) in [5.41, 5.74) is 4.26. The first-order valence-corrected chi connectivity index (χ1v) is 6.95. The lowest BCUT2D eigenvalue weighted by Crippen LogP contribution is -2.31. The van der Waals surface area contributed by atoms with Crippen LogP contribution in [0.2, 0.25) is 0 Å². The third-order valence-corrected chi connectivity index (χ3v) is 3.38. The number of nitrogens with one attached hydrogen (secondary N) is 1. The molecule has 0 saturated carbocycles. The van der Waals surface area contributed by atoms with Crippen molar-refractivity contribution in [2.24, 2.45) is 5.92 Å². The molecule has 0 fully saturated rings. The van der Waals surface area contributed by atoms with Crippen molar-refractivity contribution in [3.05, 3.63) is 34.9 Å². The maximum absolute atomic E-state index is 3.49. The standard InChI is InChI=1S/C16H28N2/c1-13(2)11-17-9-10-18(5)12-16-8-6-7-14(3)15(16)4/h6-8,13,17H,9-12H2,1-5H3. The van der Waals surface area contributed by atoms with Crippen LogP contribution in [0.5, 0.6) is 0 Å². The Balaban J connectivity index is 2.35. The van der Waals surface area contributed by atoms with Crippen molar-refractivity contribution in [1.82, 2.24) is 10.2 Å². The van der Waals surface area contributed by atoms with Gasteiger partial charge in [0.15, 0.2) is 0 Å². The molecule has 1 aromatic carbocycles. The highest BCUT2D eigenvalue weighted by molar-refractivity contribution is 5.32. The molecular weight excluding hydrogens is 220 g/mol. The zero-order valence-electron chi connectivity index (χ0n) is 12.6. The van der Waals surface area contributed by atoms with Gasteiger partial charge in [-0.25, -0.2) is 0 Å². The first-order chi connectivity index (χ1) is 8.50. The Labute approximate surface area is 112 Å². The monoisotopic (exact) mass is 248 g/mol. The van der Waals surface area contributed by atoms with Crippen LogP contribution in [-0.2, 0) is 6.54 Å². The average molecular weight is 248 g/mol. The number of hydrogen-bond donors (Lipinski definition) is 1. The molecule has 0 heterocycles. The summed E-state index contributed by atoms with van der Waals surface area (Å²) in [5.74, 6) is 0.731. The highest BCUT2D eigenvalue weighted by Gasteiger charge is 2.04. The minimum atomic E-state index is 0.731. The zero-order valence-corrected chi connectivity index (χ0v) is 12.6. The van der Waals surface area contributed by atoms with Crippen LogP contribution in [0.4, 0.5) is 0 Å². The summed E-state index contributed by atoms with van der Waals surface area (Å²) in [6.07, 6.45) is 0. The summed E-state index contributed by atoms with van der Waals surface area (Å²) in [7, 11) is 2.19. The van der Waals surface area contributed by atoms with Crippen LogP contribution in [-0.4, -0.2) is 31.6 Å². The van der Waals surface area contributed by atoms with Crippen molar-refractivity contribution in [3.8, 4) is 0 Å². The number of rotatable bonds is 7. The Kier molecular flexibility index (Phi) is 6.37. The van der Waals surface area contributed by atoms with Crippen LogP contribution < -0.4 is 5.32 Å². The molecule has 1 aromatic rings. The number of hydrogen-bond acceptors (Lipinski definition) is 2. The third-order valence-electron chi connectivity index (χ3n) is 3.38. The maximum atomic E-state index is 3.49. The fraction of sp³-hybridized carbons (Fsp3) is 0.625.